The zero-order valence-electron chi connectivity index (χ0n) is 12.7. The van der Waals surface area contributed by atoms with E-state index in [4.69, 9.17) is 14.2 Å². The molecule has 19 heavy (non-hydrogen) atoms. The largest absolute Gasteiger partial charge is 0.468 e. The number of carbonyl (C=O) groups is 1. The number of nitrogens with one attached hydrogen (secondary N) is 1. The second kappa shape index (κ2) is 7.22. The number of esters is 1. The molecule has 0 bridgehead atoms. The van der Waals surface area contributed by atoms with Crippen molar-refractivity contribution in [2.45, 2.75) is 63.8 Å². The summed E-state index contributed by atoms with van der Waals surface area (Å²) in [5, 5.41) is 3.37. The fourth-order valence-corrected chi connectivity index (χ4v) is 2.40. The summed E-state index contributed by atoms with van der Waals surface area (Å²) in [6.07, 6.45) is 2.82. The lowest BCUT2D eigenvalue weighted by molar-refractivity contribution is -0.150. The molecule has 5 heteroatoms. The summed E-state index contributed by atoms with van der Waals surface area (Å²) in [4.78, 5) is 12.0. The van der Waals surface area contributed by atoms with Gasteiger partial charge in [0.2, 0.25) is 0 Å². The first-order chi connectivity index (χ1) is 8.91. The molecule has 0 amide bonds. The number of methoxy groups -OCH3 is 2. The van der Waals surface area contributed by atoms with Gasteiger partial charge in [-0.25, -0.2) is 0 Å². The van der Waals surface area contributed by atoms with Crippen LogP contribution in [0.15, 0.2) is 0 Å². The van der Waals surface area contributed by atoms with E-state index in [0.29, 0.717) is 19.1 Å². The average Bonchev–Trinajstić information content (AvgIpc) is 3.11. The third kappa shape index (κ3) is 5.47. The molecule has 0 aromatic carbocycles. The lowest BCUT2D eigenvalue weighted by Gasteiger charge is -2.31. The minimum atomic E-state index is -0.678. The predicted molar refractivity (Wildman–Crippen MR) is 73.1 cm³/mol. The maximum atomic E-state index is 12.0. The van der Waals surface area contributed by atoms with Gasteiger partial charge >= 0.3 is 5.97 Å². The lowest BCUT2D eigenvalue weighted by Crippen LogP contribution is -2.53. The third-order valence-corrected chi connectivity index (χ3v) is 3.30. The van der Waals surface area contributed by atoms with E-state index in [1.807, 2.05) is 20.8 Å². The fraction of sp³-hybridized carbons (Fsp3) is 0.929. The van der Waals surface area contributed by atoms with Gasteiger partial charge in [-0.1, -0.05) is 0 Å². The zero-order chi connectivity index (χ0) is 14.5. The highest BCUT2D eigenvalue weighted by atomic mass is 16.5. The van der Waals surface area contributed by atoms with Crippen molar-refractivity contribution in [1.82, 2.24) is 5.32 Å². The zero-order valence-corrected chi connectivity index (χ0v) is 12.7. The second-order valence-corrected chi connectivity index (χ2v) is 5.66. The molecule has 1 aliphatic carbocycles. The van der Waals surface area contributed by atoms with E-state index in [0.717, 1.165) is 12.8 Å². The van der Waals surface area contributed by atoms with E-state index < -0.39 is 5.54 Å². The van der Waals surface area contributed by atoms with E-state index in [9.17, 15) is 4.79 Å². The van der Waals surface area contributed by atoms with Crippen LogP contribution in [0.5, 0.6) is 0 Å². The molecule has 1 saturated carbocycles. The predicted octanol–water partition coefficient (Wildman–Crippen LogP) is 1.50. The summed E-state index contributed by atoms with van der Waals surface area (Å²) in [5.74, 6) is -0.228. The van der Waals surface area contributed by atoms with Crippen molar-refractivity contribution in [3.8, 4) is 0 Å². The number of hydrogen-bond donors (Lipinski definition) is 1. The Morgan fingerprint density at radius 2 is 1.95 bits per heavy atom. The van der Waals surface area contributed by atoms with Crippen molar-refractivity contribution in [2.24, 2.45) is 0 Å². The van der Waals surface area contributed by atoms with Crippen LogP contribution in [0.4, 0.5) is 0 Å². The van der Waals surface area contributed by atoms with Crippen LogP contribution in [0, 0.1) is 0 Å². The molecule has 0 spiro atoms. The molecule has 0 saturated heterocycles. The SMILES string of the molecule is COCC(C)OC(C)CC(C)(NC1CC1)C(=O)OC. The molecule has 0 aromatic rings. The van der Waals surface area contributed by atoms with Crippen molar-refractivity contribution >= 4 is 5.97 Å². The molecular formula is C14H27NO4. The Morgan fingerprint density at radius 1 is 1.32 bits per heavy atom. The van der Waals surface area contributed by atoms with E-state index in [-0.39, 0.29) is 18.2 Å². The summed E-state index contributed by atoms with van der Waals surface area (Å²) >= 11 is 0. The summed E-state index contributed by atoms with van der Waals surface area (Å²) < 4.78 is 15.8. The van der Waals surface area contributed by atoms with E-state index in [1.165, 1.54) is 7.11 Å². The molecule has 0 heterocycles. The fourth-order valence-electron chi connectivity index (χ4n) is 2.40. The topological polar surface area (TPSA) is 56.8 Å². The Labute approximate surface area is 116 Å². The highest BCUT2D eigenvalue weighted by Gasteiger charge is 2.40. The van der Waals surface area contributed by atoms with Crippen molar-refractivity contribution in [3.63, 3.8) is 0 Å². The van der Waals surface area contributed by atoms with Crippen molar-refractivity contribution in [1.29, 1.82) is 0 Å². The quantitative estimate of drug-likeness (QED) is 0.645. The summed E-state index contributed by atoms with van der Waals surface area (Å²) in [6, 6.07) is 0.438. The molecule has 112 valence electrons. The molecule has 0 aromatic heterocycles. The maximum absolute atomic E-state index is 12.0. The Hall–Kier alpha value is -0.650. The average molecular weight is 273 g/mol. The minimum absolute atomic E-state index is 0.0165. The smallest absolute Gasteiger partial charge is 0.325 e. The van der Waals surface area contributed by atoms with Gasteiger partial charge in [0, 0.05) is 19.6 Å². The van der Waals surface area contributed by atoms with Crippen molar-refractivity contribution in [2.75, 3.05) is 20.8 Å². The van der Waals surface area contributed by atoms with E-state index in [2.05, 4.69) is 5.32 Å². The summed E-state index contributed by atoms with van der Waals surface area (Å²) in [5.41, 5.74) is -0.678. The first-order valence-corrected chi connectivity index (χ1v) is 6.91. The van der Waals surface area contributed by atoms with Gasteiger partial charge < -0.3 is 14.2 Å². The first-order valence-electron chi connectivity index (χ1n) is 6.91. The van der Waals surface area contributed by atoms with Crippen molar-refractivity contribution < 1.29 is 19.0 Å². The molecule has 1 aliphatic rings. The maximum Gasteiger partial charge on any atom is 0.325 e. The van der Waals surface area contributed by atoms with Gasteiger partial charge in [0.1, 0.15) is 5.54 Å². The van der Waals surface area contributed by atoms with Gasteiger partial charge in [-0.05, 0) is 33.6 Å². The van der Waals surface area contributed by atoms with Crippen LogP contribution in [-0.4, -0.2) is 50.6 Å². The summed E-state index contributed by atoms with van der Waals surface area (Å²) in [7, 11) is 3.08. The molecule has 0 aliphatic heterocycles. The van der Waals surface area contributed by atoms with Crippen LogP contribution >= 0.6 is 0 Å². The monoisotopic (exact) mass is 273 g/mol. The van der Waals surface area contributed by atoms with E-state index in [1.54, 1.807) is 7.11 Å². The lowest BCUT2D eigenvalue weighted by atomic mass is 9.94. The van der Waals surface area contributed by atoms with Crippen LogP contribution in [0.2, 0.25) is 0 Å². The number of carbonyl (C=O) groups excluding carboxylic acids is 1. The van der Waals surface area contributed by atoms with Crippen molar-refractivity contribution in [3.05, 3.63) is 0 Å². The number of hydrogen-bond acceptors (Lipinski definition) is 5. The van der Waals surface area contributed by atoms with E-state index >= 15 is 0 Å². The van der Waals surface area contributed by atoms with Gasteiger partial charge in [-0.2, -0.15) is 0 Å². The third-order valence-electron chi connectivity index (χ3n) is 3.30. The van der Waals surface area contributed by atoms with Crippen LogP contribution in [0.1, 0.15) is 40.0 Å². The van der Waals surface area contributed by atoms with Crippen LogP contribution < -0.4 is 5.32 Å². The van der Waals surface area contributed by atoms with Crippen LogP contribution in [0.25, 0.3) is 0 Å². The Balaban J connectivity index is 2.53. The Morgan fingerprint density at radius 3 is 2.42 bits per heavy atom. The van der Waals surface area contributed by atoms with Crippen LogP contribution in [-0.2, 0) is 19.0 Å². The van der Waals surface area contributed by atoms with Gasteiger partial charge in [0.15, 0.2) is 0 Å². The highest BCUT2D eigenvalue weighted by molar-refractivity contribution is 5.80. The Kier molecular flexibility index (Phi) is 6.23. The van der Waals surface area contributed by atoms with Gasteiger partial charge in [-0.3, -0.25) is 10.1 Å². The van der Waals surface area contributed by atoms with Crippen LogP contribution in [0.3, 0.4) is 0 Å². The molecular weight excluding hydrogens is 246 g/mol. The first kappa shape index (κ1) is 16.4. The Bertz CT molecular complexity index is 293. The minimum Gasteiger partial charge on any atom is -0.468 e. The molecule has 3 atom stereocenters. The number of ether oxygens (including phenoxy) is 3. The molecule has 3 unspecified atom stereocenters. The number of rotatable bonds is 9. The van der Waals surface area contributed by atoms with Gasteiger partial charge in [0.25, 0.3) is 0 Å². The standard InChI is InChI=1S/C14H27NO4/c1-10(19-11(2)9-17-4)8-14(3,13(16)18-5)15-12-6-7-12/h10-12,15H,6-9H2,1-5H3. The molecule has 1 N–H and O–H groups in total. The van der Waals surface area contributed by atoms with Gasteiger partial charge in [0.05, 0.1) is 25.9 Å². The molecule has 1 fully saturated rings. The molecule has 5 nitrogen and oxygen atoms in total. The molecule has 1 rings (SSSR count). The second-order valence-electron chi connectivity index (χ2n) is 5.66. The molecule has 0 radical (unpaired) electrons. The summed E-state index contributed by atoms with van der Waals surface area (Å²) in [6.45, 7) is 6.37. The van der Waals surface area contributed by atoms with Gasteiger partial charge in [-0.15, -0.1) is 0 Å². The highest BCUT2D eigenvalue weighted by Crippen LogP contribution is 2.26. The normalized spacial score (nSPS) is 21.5.